The predicted molar refractivity (Wildman–Crippen MR) is 79.7 cm³/mol. The second-order valence-electron chi connectivity index (χ2n) is 6.45. The average Bonchev–Trinajstić information content (AvgIpc) is 3.07. The van der Waals surface area contributed by atoms with Crippen molar-refractivity contribution in [3.05, 3.63) is 24.3 Å². The average molecular weight is 261 g/mol. The summed E-state index contributed by atoms with van der Waals surface area (Å²) in [6, 6.07) is 0. The number of rotatable bonds is 5. The van der Waals surface area contributed by atoms with Crippen molar-refractivity contribution in [1.29, 1.82) is 0 Å². The molecule has 1 fully saturated rings. The standard InChI is InChI=1S/C17H27NO/c1-5-8-18(14(4)19)11-15-10-17(15)16-7-6-12(2)9-13(16)3/h5,9,13,15-17H,1,6-8,10-11H2,2-4H3. The van der Waals surface area contributed by atoms with E-state index in [0.717, 1.165) is 24.3 Å². The molecule has 2 rings (SSSR count). The van der Waals surface area contributed by atoms with Crippen molar-refractivity contribution in [2.45, 2.75) is 40.0 Å². The largest absolute Gasteiger partial charge is 0.339 e. The zero-order valence-electron chi connectivity index (χ0n) is 12.6. The van der Waals surface area contributed by atoms with Crippen molar-refractivity contribution in [3.63, 3.8) is 0 Å². The van der Waals surface area contributed by atoms with Gasteiger partial charge in [-0.2, -0.15) is 0 Å². The van der Waals surface area contributed by atoms with Crippen molar-refractivity contribution < 1.29 is 4.79 Å². The van der Waals surface area contributed by atoms with Crippen LogP contribution in [-0.2, 0) is 4.79 Å². The van der Waals surface area contributed by atoms with Gasteiger partial charge in [-0.15, -0.1) is 6.58 Å². The Morgan fingerprint density at radius 2 is 2.26 bits per heavy atom. The van der Waals surface area contributed by atoms with Crippen LogP contribution in [0, 0.1) is 23.7 Å². The Morgan fingerprint density at radius 1 is 1.53 bits per heavy atom. The first-order valence-corrected chi connectivity index (χ1v) is 7.56. The minimum Gasteiger partial charge on any atom is -0.339 e. The maximum absolute atomic E-state index is 11.6. The van der Waals surface area contributed by atoms with Crippen LogP contribution in [0.5, 0.6) is 0 Å². The van der Waals surface area contributed by atoms with E-state index in [4.69, 9.17) is 0 Å². The van der Waals surface area contributed by atoms with Crippen molar-refractivity contribution >= 4 is 5.91 Å². The monoisotopic (exact) mass is 261 g/mol. The Balaban J connectivity index is 1.87. The molecule has 4 atom stereocenters. The van der Waals surface area contributed by atoms with Gasteiger partial charge in [0.2, 0.25) is 5.91 Å². The van der Waals surface area contributed by atoms with Crippen LogP contribution >= 0.6 is 0 Å². The van der Waals surface area contributed by atoms with Crippen molar-refractivity contribution in [2.75, 3.05) is 13.1 Å². The van der Waals surface area contributed by atoms with Crippen LogP contribution in [0.25, 0.3) is 0 Å². The van der Waals surface area contributed by atoms with Crippen molar-refractivity contribution in [1.82, 2.24) is 4.90 Å². The van der Waals surface area contributed by atoms with Gasteiger partial charge in [-0.1, -0.05) is 24.6 Å². The first-order valence-electron chi connectivity index (χ1n) is 7.56. The molecule has 1 amide bonds. The fourth-order valence-corrected chi connectivity index (χ4v) is 3.69. The quantitative estimate of drug-likeness (QED) is 0.692. The number of hydrogen-bond acceptors (Lipinski definition) is 1. The highest BCUT2D eigenvalue weighted by molar-refractivity contribution is 5.73. The summed E-state index contributed by atoms with van der Waals surface area (Å²) in [5, 5.41) is 0. The van der Waals surface area contributed by atoms with E-state index in [1.165, 1.54) is 19.3 Å². The van der Waals surface area contributed by atoms with Gasteiger partial charge in [0, 0.05) is 20.0 Å². The lowest BCUT2D eigenvalue weighted by Gasteiger charge is -2.28. The van der Waals surface area contributed by atoms with E-state index in [1.54, 1.807) is 12.5 Å². The van der Waals surface area contributed by atoms with Gasteiger partial charge in [0.05, 0.1) is 0 Å². The Labute approximate surface area is 117 Å². The van der Waals surface area contributed by atoms with Crippen LogP contribution in [0.3, 0.4) is 0 Å². The summed E-state index contributed by atoms with van der Waals surface area (Å²) in [5.41, 5.74) is 1.55. The minimum absolute atomic E-state index is 0.179. The number of allylic oxidation sites excluding steroid dienone is 2. The third kappa shape index (κ3) is 3.49. The highest BCUT2D eigenvalue weighted by Crippen LogP contribution is 2.51. The fraction of sp³-hybridized carbons (Fsp3) is 0.706. The Kier molecular flexibility index (Phi) is 4.49. The molecule has 1 saturated carbocycles. The molecule has 0 aromatic heterocycles. The molecule has 0 aromatic rings. The summed E-state index contributed by atoms with van der Waals surface area (Å²) in [6.07, 6.45) is 8.19. The molecule has 0 saturated heterocycles. The minimum atomic E-state index is 0.179. The summed E-state index contributed by atoms with van der Waals surface area (Å²) < 4.78 is 0. The lowest BCUT2D eigenvalue weighted by atomic mass is 9.78. The molecule has 0 spiro atoms. The Bertz CT molecular complexity index is 385. The summed E-state index contributed by atoms with van der Waals surface area (Å²) >= 11 is 0. The zero-order chi connectivity index (χ0) is 14.0. The van der Waals surface area contributed by atoms with Crippen LogP contribution in [0.2, 0.25) is 0 Å². The van der Waals surface area contributed by atoms with E-state index in [1.807, 2.05) is 11.0 Å². The molecular weight excluding hydrogens is 234 g/mol. The smallest absolute Gasteiger partial charge is 0.219 e. The molecule has 106 valence electrons. The predicted octanol–water partition coefficient (Wildman–Crippen LogP) is 3.65. The van der Waals surface area contributed by atoms with Crippen LogP contribution in [-0.4, -0.2) is 23.9 Å². The van der Waals surface area contributed by atoms with E-state index < -0.39 is 0 Å². The van der Waals surface area contributed by atoms with Gasteiger partial charge >= 0.3 is 0 Å². The molecule has 2 heteroatoms. The van der Waals surface area contributed by atoms with Gasteiger partial charge in [0.1, 0.15) is 0 Å². The summed E-state index contributed by atoms with van der Waals surface area (Å²) in [5.74, 6) is 3.30. The first kappa shape index (κ1) is 14.4. The van der Waals surface area contributed by atoms with Gasteiger partial charge in [-0.3, -0.25) is 4.79 Å². The Hall–Kier alpha value is -1.05. The van der Waals surface area contributed by atoms with Crippen LogP contribution in [0.1, 0.15) is 40.0 Å². The van der Waals surface area contributed by atoms with Crippen LogP contribution < -0.4 is 0 Å². The lowest BCUT2D eigenvalue weighted by molar-refractivity contribution is -0.128. The zero-order valence-corrected chi connectivity index (χ0v) is 12.6. The van der Waals surface area contributed by atoms with Crippen LogP contribution in [0.4, 0.5) is 0 Å². The molecule has 0 N–H and O–H groups in total. The van der Waals surface area contributed by atoms with E-state index in [-0.39, 0.29) is 5.91 Å². The second kappa shape index (κ2) is 5.94. The SMILES string of the molecule is C=CCN(CC1CC1C1CCC(C)=CC1C)C(C)=O. The van der Waals surface area contributed by atoms with E-state index >= 15 is 0 Å². The fourth-order valence-electron chi connectivity index (χ4n) is 3.69. The van der Waals surface area contributed by atoms with Gasteiger partial charge in [0.25, 0.3) is 0 Å². The molecule has 2 aliphatic rings. The maximum Gasteiger partial charge on any atom is 0.219 e. The summed E-state index contributed by atoms with van der Waals surface area (Å²) in [4.78, 5) is 13.5. The molecule has 19 heavy (non-hydrogen) atoms. The van der Waals surface area contributed by atoms with Crippen LogP contribution in [0.15, 0.2) is 24.3 Å². The second-order valence-corrected chi connectivity index (χ2v) is 6.45. The van der Waals surface area contributed by atoms with Crippen molar-refractivity contribution in [3.8, 4) is 0 Å². The molecule has 2 nitrogen and oxygen atoms in total. The molecule has 0 bridgehead atoms. The van der Waals surface area contributed by atoms with Gasteiger partial charge in [0.15, 0.2) is 0 Å². The van der Waals surface area contributed by atoms with Crippen molar-refractivity contribution in [2.24, 2.45) is 23.7 Å². The lowest BCUT2D eigenvalue weighted by Crippen LogP contribution is -2.31. The highest BCUT2D eigenvalue weighted by atomic mass is 16.2. The van der Waals surface area contributed by atoms with Gasteiger partial charge in [-0.25, -0.2) is 0 Å². The third-order valence-electron chi connectivity index (χ3n) is 4.87. The van der Waals surface area contributed by atoms with E-state index in [9.17, 15) is 4.79 Å². The number of amides is 1. The number of hydrogen-bond donors (Lipinski definition) is 0. The van der Waals surface area contributed by atoms with Gasteiger partial charge in [-0.05, 0) is 49.9 Å². The number of nitrogens with zero attached hydrogens (tertiary/aromatic N) is 1. The molecule has 4 unspecified atom stereocenters. The molecule has 0 aromatic carbocycles. The highest BCUT2D eigenvalue weighted by Gasteiger charge is 2.45. The van der Waals surface area contributed by atoms with E-state index in [0.29, 0.717) is 12.5 Å². The third-order valence-corrected chi connectivity index (χ3v) is 4.87. The number of carbonyl (C=O) groups is 1. The number of carbonyl (C=O) groups excluding carboxylic acids is 1. The topological polar surface area (TPSA) is 20.3 Å². The first-order chi connectivity index (χ1) is 9.02. The van der Waals surface area contributed by atoms with Gasteiger partial charge < -0.3 is 4.90 Å². The maximum atomic E-state index is 11.6. The molecule has 0 heterocycles. The Morgan fingerprint density at radius 3 is 2.84 bits per heavy atom. The molecule has 0 radical (unpaired) electrons. The normalized spacial score (nSPS) is 33.5. The molecular formula is C17H27NO. The summed E-state index contributed by atoms with van der Waals surface area (Å²) in [7, 11) is 0. The summed E-state index contributed by atoms with van der Waals surface area (Å²) in [6.45, 7) is 11.6. The molecule has 2 aliphatic carbocycles. The molecule has 0 aliphatic heterocycles. The van der Waals surface area contributed by atoms with E-state index in [2.05, 4.69) is 26.5 Å².